The highest BCUT2D eigenvalue weighted by Gasteiger charge is 2.17. The van der Waals surface area contributed by atoms with Gasteiger partial charge in [-0.15, -0.1) is 0 Å². The number of alkyl halides is 2. The van der Waals surface area contributed by atoms with Crippen LogP contribution in [0.1, 0.15) is 67.7 Å². The molecule has 31 heavy (non-hydrogen) atoms. The lowest BCUT2D eigenvalue weighted by Gasteiger charge is -2.17. The molecule has 0 radical (unpaired) electrons. The lowest BCUT2D eigenvalue weighted by Crippen LogP contribution is -2.13. The minimum Gasteiger partial charge on any atom is -0.481 e. The molecule has 1 aliphatic heterocycles. The Labute approximate surface area is 181 Å². The van der Waals surface area contributed by atoms with Crippen LogP contribution in [-0.2, 0) is 17.6 Å². The van der Waals surface area contributed by atoms with E-state index in [1.165, 1.54) is 17.8 Å². The van der Waals surface area contributed by atoms with Gasteiger partial charge in [0.25, 0.3) is 0 Å². The largest absolute Gasteiger partial charge is 0.481 e. The second-order valence-corrected chi connectivity index (χ2v) is 7.90. The van der Waals surface area contributed by atoms with Crippen molar-refractivity contribution in [2.45, 2.75) is 70.3 Å². The van der Waals surface area contributed by atoms with Gasteiger partial charge in [-0.2, -0.15) is 8.78 Å². The van der Waals surface area contributed by atoms with Crippen molar-refractivity contribution in [2.75, 3.05) is 11.9 Å². The monoisotopic (exact) mass is 433 g/mol. The summed E-state index contributed by atoms with van der Waals surface area (Å²) in [5.41, 5.74) is 3.13. The van der Waals surface area contributed by atoms with E-state index in [0.717, 1.165) is 68.6 Å². The third-order valence-electron chi connectivity index (χ3n) is 5.55. The fourth-order valence-electron chi connectivity index (χ4n) is 3.95. The molecule has 0 bridgehead atoms. The molecule has 1 unspecified atom stereocenters. The van der Waals surface area contributed by atoms with Gasteiger partial charge < -0.3 is 15.2 Å². The summed E-state index contributed by atoms with van der Waals surface area (Å²) in [6.45, 7) is -1.95. The molecule has 2 N–H and O–H groups in total. The zero-order valence-corrected chi connectivity index (χ0v) is 17.5. The van der Waals surface area contributed by atoms with Crippen LogP contribution in [0, 0.1) is 0 Å². The average molecular weight is 433 g/mol. The molecule has 1 aliphatic rings. The molecular weight excluding hydrogens is 404 g/mol. The molecular formula is C23H29F2N3O3. The van der Waals surface area contributed by atoms with E-state index in [1.54, 1.807) is 6.07 Å². The quantitative estimate of drug-likeness (QED) is 0.448. The average Bonchev–Trinajstić information content (AvgIpc) is 2.75. The molecule has 0 spiro atoms. The maximum Gasteiger partial charge on any atom is 0.388 e. The number of carboxylic acid groups (broad SMARTS) is 1. The Balaban J connectivity index is 1.42. The molecule has 3 rings (SSSR count). The molecule has 0 saturated heterocycles. The zero-order valence-electron chi connectivity index (χ0n) is 17.5. The number of ether oxygens (including phenoxy) is 1. The third kappa shape index (κ3) is 7.45. The molecule has 0 aromatic carbocycles. The number of hydrogen-bond acceptors (Lipinski definition) is 5. The second-order valence-electron chi connectivity index (χ2n) is 7.90. The van der Waals surface area contributed by atoms with Gasteiger partial charge in [0.05, 0.1) is 6.42 Å². The molecule has 1 atom stereocenters. The first-order chi connectivity index (χ1) is 15.0. The summed E-state index contributed by atoms with van der Waals surface area (Å²) in [7, 11) is 0. The van der Waals surface area contributed by atoms with Crippen molar-refractivity contribution in [1.82, 2.24) is 9.97 Å². The lowest BCUT2D eigenvalue weighted by atomic mass is 9.91. The van der Waals surface area contributed by atoms with Gasteiger partial charge in [-0.25, -0.2) is 9.97 Å². The summed E-state index contributed by atoms with van der Waals surface area (Å²) in [5, 5.41) is 12.6. The van der Waals surface area contributed by atoms with Crippen LogP contribution in [0.15, 0.2) is 30.5 Å². The SMILES string of the molecule is O=C(O)CC(CCCCCCc1ccc2c(n1)NCCC2)c1ccc(OC(F)F)nc1. The molecule has 6 nitrogen and oxygen atoms in total. The van der Waals surface area contributed by atoms with Crippen LogP contribution in [0.25, 0.3) is 0 Å². The Morgan fingerprint density at radius 3 is 2.74 bits per heavy atom. The highest BCUT2D eigenvalue weighted by molar-refractivity contribution is 5.68. The van der Waals surface area contributed by atoms with Crippen molar-refractivity contribution in [3.05, 3.63) is 47.3 Å². The fourth-order valence-corrected chi connectivity index (χ4v) is 3.95. The van der Waals surface area contributed by atoms with Crippen molar-refractivity contribution < 1.29 is 23.4 Å². The van der Waals surface area contributed by atoms with E-state index < -0.39 is 12.6 Å². The maximum atomic E-state index is 12.3. The summed E-state index contributed by atoms with van der Waals surface area (Å²) < 4.78 is 28.8. The Morgan fingerprint density at radius 2 is 2.00 bits per heavy atom. The molecule has 2 aromatic heterocycles. The van der Waals surface area contributed by atoms with Crippen molar-refractivity contribution in [3.63, 3.8) is 0 Å². The van der Waals surface area contributed by atoms with Gasteiger partial charge in [0.2, 0.25) is 5.88 Å². The number of nitrogens with zero attached hydrogens (tertiary/aromatic N) is 2. The Hall–Kier alpha value is -2.77. The van der Waals surface area contributed by atoms with Gasteiger partial charge in [-0.05, 0) is 55.2 Å². The molecule has 0 fully saturated rings. The number of fused-ring (bicyclic) bond motifs is 1. The Bertz CT molecular complexity index is 846. The minimum atomic E-state index is -2.93. The number of halogens is 2. The smallest absolute Gasteiger partial charge is 0.388 e. The van der Waals surface area contributed by atoms with Crippen molar-refractivity contribution in [3.8, 4) is 5.88 Å². The molecule has 8 heteroatoms. The third-order valence-corrected chi connectivity index (χ3v) is 5.55. The normalized spacial score (nSPS) is 14.0. The highest BCUT2D eigenvalue weighted by Crippen LogP contribution is 2.27. The topological polar surface area (TPSA) is 84.3 Å². The highest BCUT2D eigenvalue weighted by atomic mass is 19.3. The molecule has 0 aliphatic carbocycles. The van der Waals surface area contributed by atoms with E-state index in [4.69, 9.17) is 4.98 Å². The van der Waals surface area contributed by atoms with Gasteiger partial charge in [0, 0.05) is 24.5 Å². The van der Waals surface area contributed by atoms with Gasteiger partial charge in [-0.1, -0.05) is 31.4 Å². The van der Waals surface area contributed by atoms with E-state index in [0.29, 0.717) is 6.42 Å². The predicted octanol–water partition coefficient (Wildman–Crippen LogP) is 5.19. The number of aromatic nitrogens is 2. The van der Waals surface area contributed by atoms with E-state index in [1.807, 2.05) is 0 Å². The van der Waals surface area contributed by atoms with Crippen LogP contribution in [0.2, 0.25) is 0 Å². The number of nitrogens with one attached hydrogen (secondary N) is 1. The van der Waals surface area contributed by atoms with E-state index in [2.05, 4.69) is 27.2 Å². The van der Waals surface area contributed by atoms with Crippen LogP contribution in [0.4, 0.5) is 14.6 Å². The molecule has 0 saturated carbocycles. The molecule has 3 heterocycles. The number of unbranched alkanes of at least 4 members (excludes halogenated alkanes) is 3. The van der Waals surface area contributed by atoms with Gasteiger partial charge in [0.15, 0.2) is 0 Å². The van der Waals surface area contributed by atoms with Crippen LogP contribution in [0.5, 0.6) is 5.88 Å². The number of pyridine rings is 2. The van der Waals surface area contributed by atoms with Gasteiger partial charge >= 0.3 is 12.6 Å². The van der Waals surface area contributed by atoms with E-state index >= 15 is 0 Å². The number of carboxylic acids is 1. The minimum absolute atomic E-state index is 0.0111. The number of aliphatic carboxylic acids is 1. The number of anilines is 1. The first-order valence-electron chi connectivity index (χ1n) is 10.9. The Kier molecular flexibility index (Phi) is 8.55. The van der Waals surface area contributed by atoms with Crippen LogP contribution >= 0.6 is 0 Å². The lowest BCUT2D eigenvalue weighted by molar-refractivity contribution is -0.137. The van der Waals surface area contributed by atoms with Crippen molar-refractivity contribution in [2.24, 2.45) is 0 Å². The van der Waals surface area contributed by atoms with E-state index in [9.17, 15) is 18.7 Å². The molecule has 168 valence electrons. The van der Waals surface area contributed by atoms with Crippen molar-refractivity contribution in [1.29, 1.82) is 0 Å². The second kappa shape index (κ2) is 11.6. The van der Waals surface area contributed by atoms with Gasteiger partial charge in [-0.3, -0.25) is 4.79 Å². The van der Waals surface area contributed by atoms with E-state index in [-0.39, 0.29) is 18.2 Å². The van der Waals surface area contributed by atoms with Gasteiger partial charge in [0.1, 0.15) is 5.82 Å². The standard InChI is InChI=1S/C23H29F2N3O3/c24-23(25)31-20-12-10-18(15-27-20)17(14-21(29)30)6-3-1-2-4-8-19-11-9-16-7-5-13-26-22(16)28-19/h9-12,15,17,23H,1-8,13-14H2,(H,26,28)(H,29,30). The fraction of sp³-hybridized carbons (Fsp3) is 0.522. The maximum absolute atomic E-state index is 12.3. The summed E-state index contributed by atoms with van der Waals surface area (Å²) in [4.78, 5) is 19.8. The van der Waals surface area contributed by atoms with Crippen LogP contribution in [0.3, 0.4) is 0 Å². The van der Waals surface area contributed by atoms with Crippen molar-refractivity contribution >= 4 is 11.8 Å². The first kappa shape index (κ1) is 22.9. The zero-order chi connectivity index (χ0) is 22.1. The number of rotatable bonds is 12. The molecule has 2 aromatic rings. The number of hydrogen-bond donors (Lipinski definition) is 2. The summed E-state index contributed by atoms with van der Waals surface area (Å²) in [6, 6.07) is 7.26. The molecule has 0 amide bonds. The number of aryl methyl sites for hydroxylation is 2. The van der Waals surface area contributed by atoms with Crippen LogP contribution < -0.4 is 10.1 Å². The first-order valence-corrected chi connectivity index (χ1v) is 10.9. The summed E-state index contributed by atoms with van der Waals surface area (Å²) in [5.74, 6) is -0.221. The Morgan fingerprint density at radius 1 is 1.16 bits per heavy atom. The predicted molar refractivity (Wildman–Crippen MR) is 114 cm³/mol. The summed E-state index contributed by atoms with van der Waals surface area (Å²) >= 11 is 0. The number of carbonyl (C=O) groups is 1. The van der Waals surface area contributed by atoms with Crippen LogP contribution in [-0.4, -0.2) is 34.2 Å². The summed E-state index contributed by atoms with van der Waals surface area (Å²) in [6.07, 6.45) is 9.29.